The SMILES string of the molecule is CC(=O)CCCn1c(C)nc2cc(F)ccc21. The number of imidazole rings is 1. The Morgan fingerprint density at radius 2 is 2.24 bits per heavy atom. The lowest BCUT2D eigenvalue weighted by atomic mass is 10.2. The van der Waals surface area contributed by atoms with Crippen molar-refractivity contribution in [2.45, 2.75) is 33.2 Å². The number of fused-ring (bicyclic) bond motifs is 1. The number of halogens is 1. The van der Waals surface area contributed by atoms with Crippen molar-refractivity contribution in [1.29, 1.82) is 0 Å². The van der Waals surface area contributed by atoms with Crippen LogP contribution in [0.3, 0.4) is 0 Å². The largest absolute Gasteiger partial charge is 0.328 e. The molecule has 1 aromatic heterocycles. The molecule has 2 aromatic rings. The van der Waals surface area contributed by atoms with Crippen LogP contribution in [-0.4, -0.2) is 15.3 Å². The van der Waals surface area contributed by atoms with E-state index in [2.05, 4.69) is 4.98 Å². The van der Waals surface area contributed by atoms with Crippen LogP contribution < -0.4 is 0 Å². The Morgan fingerprint density at radius 1 is 1.47 bits per heavy atom. The maximum atomic E-state index is 13.0. The lowest BCUT2D eigenvalue weighted by molar-refractivity contribution is -0.117. The predicted octanol–water partition coefficient (Wildman–Crippen LogP) is 2.85. The second-order valence-corrected chi connectivity index (χ2v) is 4.25. The number of hydrogen-bond donors (Lipinski definition) is 0. The van der Waals surface area contributed by atoms with Gasteiger partial charge in [-0.2, -0.15) is 0 Å². The topological polar surface area (TPSA) is 34.9 Å². The molecule has 2 rings (SSSR count). The van der Waals surface area contributed by atoms with E-state index in [-0.39, 0.29) is 11.6 Å². The number of aromatic nitrogens is 2. The third-order valence-electron chi connectivity index (χ3n) is 2.81. The van der Waals surface area contributed by atoms with Gasteiger partial charge in [0.05, 0.1) is 11.0 Å². The first-order chi connectivity index (χ1) is 8.08. The average molecular weight is 234 g/mol. The molecule has 0 fully saturated rings. The summed E-state index contributed by atoms with van der Waals surface area (Å²) in [5.41, 5.74) is 1.60. The number of ketones is 1. The van der Waals surface area contributed by atoms with E-state index in [9.17, 15) is 9.18 Å². The number of nitrogens with zero attached hydrogens (tertiary/aromatic N) is 2. The Morgan fingerprint density at radius 3 is 2.94 bits per heavy atom. The van der Waals surface area contributed by atoms with E-state index < -0.39 is 0 Å². The molecule has 0 spiro atoms. The first-order valence-electron chi connectivity index (χ1n) is 5.70. The van der Waals surface area contributed by atoms with E-state index in [1.807, 2.05) is 11.5 Å². The Kier molecular flexibility index (Phi) is 3.22. The van der Waals surface area contributed by atoms with Crippen molar-refractivity contribution >= 4 is 16.8 Å². The number of carbonyl (C=O) groups is 1. The summed E-state index contributed by atoms with van der Waals surface area (Å²) in [5.74, 6) is 0.776. The van der Waals surface area contributed by atoms with E-state index in [0.29, 0.717) is 11.9 Å². The number of carbonyl (C=O) groups excluding carboxylic acids is 1. The van der Waals surface area contributed by atoms with E-state index in [1.165, 1.54) is 12.1 Å². The minimum Gasteiger partial charge on any atom is -0.328 e. The van der Waals surface area contributed by atoms with Crippen molar-refractivity contribution in [3.05, 3.63) is 29.8 Å². The van der Waals surface area contributed by atoms with E-state index in [4.69, 9.17) is 0 Å². The van der Waals surface area contributed by atoms with Crippen molar-refractivity contribution in [2.75, 3.05) is 0 Å². The Labute approximate surface area is 99.3 Å². The van der Waals surface area contributed by atoms with Crippen LogP contribution in [0.15, 0.2) is 18.2 Å². The minimum absolute atomic E-state index is 0.193. The Hall–Kier alpha value is -1.71. The summed E-state index contributed by atoms with van der Waals surface area (Å²) in [4.78, 5) is 15.2. The number of aryl methyl sites for hydroxylation is 2. The number of hydrogen-bond acceptors (Lipinski definition) is 2. The van der Waals surface area contributed by atoms with Crippen LogP contribution in [-0.2, 0) is 11.3 Å². The van der Waals surface area contributed by atoms with E-state index >= 15 is 0 Å². The van der Waals surface area contributed by atoms with Crippen LogP contribution in [0.1, 0.15) is 25.6 Å². The minimum atomic E-state index is -0.272. The zero-order valence-electron chi connectivity index (χ0n) is 10.0. The van der Waals surface area contributed by atoms with Crippen LogP contribution in [0.2, 0.25) is 0 Å². The van der Waals surface area contributed by atoms with Crippen LogP contribution in [0.4, 0.5) is 4.39 Å². The van der Waals surface area contributed by atoms with Crippen LogP contribution in [0.5, 0.6) is 0 Å². The van der Waals surface area contributed by atoms with Gasteiger partial charge in [0.15, 0.2) is 0 Å². The van der Waals surface area contributed by atoms with Crippen molar-refractivity contribution in [3.63, 3.8) is 0 Å². The maximum absolute atomic E-state index is 13.0. The van der Waals surface area contributed by atoms with Gasteiger partial charge in [0, 0.05) is 19.0 Å². The summed E-state index contributed by atoms with van der Waals surface area (Å²) in [6.07, 6.45) is 1.36. The molecule has 0 saturated carbocycles. The lowest BCUT2D eigenvalue weighted by Crippen LogP contribution is -2.02. The fourth-order valence-electron chi connectivity index (χ4n) is 1.99. The average Bonchev–Trinajstić information content (AvgIpc) is 2.54. The molecule has 0 radical (unpaired) electrons. The second kappa shape index (κ2) is 4.65. The quantitative estimate of drug-likeness (QED) is 0.815. The number of rotatable bonds is 4. The Bertz CT molecular complexity index is 560. The highest BCUT2D eigenvalue weighted by molar-refractivity contribution is 5.76. The van der Waals surface area contributed by atoms with Gasteiger partial charge < -0.3 is 9.36 Å². The monoisotopic (exact) mass is 234 g/mol. The Balaban J connectivity index is 2.27. The third kappa shape index (κ3) is 2.52. The summed E-state index contributed by atoms with van der Waals surface area (Å²) in [5, 5.41) is 0. The molecule has 4 heteroatoms. The molecule has 0 atom stereocenters. The summed E-state index contributed by atoms with van der Waals surface area (Å²) < 4.78 is 15.1. The van der Waals surface area contributed by atoms with Crippen LogP contribution in [0, 0.1) is 12.7 Å². The number of benzene rings is 1. The predicted molar refractivity (Wildman–Crippen MR) is 64.3 cm³/mol. The van der Waals surface area contributed by atoms with Gasteiger partial charge in [0.1, 0.15) is 17.4 Å². The van der Waals surface area contributed by atoms with Gasteiger partial charge in [-0.3, -0.25) is 0 Å². The molecule has 17 heavy (non-hydrogen) atoms. The van der Waals surface area contributed by atoms with Crippen molar-refractivity contribution in [3.8, 4) is 0 Å². The molecular weight excluding hydrogens is 219 g/mol. The summed E-state index contributed by atoms with van der Waals surface area (Å²) >= 11 is 0. The molecule has 0 aliphatic carbocycles. The first-order valence-corrected chi connectivity index (χ1v) is 5.70. The first kappa shape index (κ1) is 11.8. The molecule has 0 saturated heterocycles. The van der Waals surface area contributed by atoms with E-state index in [0.717, 1.165) is 24.3 Å². The molecule has 0 aliphatic heterocycles. The van der Waals surface area contributed by atoms with Crippen LogP contribution >= 0.6 is 0 Å². The maximum Gasteiger partial charge on any atom is 0.129 e. The molecule has 0 N–H and O–H groups in total. The summed E-state index contributed by atoms with van der Waals surface area (Å²) in [6, 6.07) is 4.60. The van der Waals surface area contributed by atoms with Crippen molar-refractivity contribution < 1.29 is 9.18 Å². The van der Waals surface area contributed by atoms with Gasteiger partial charge in [-0.25, -0.2) is 9.37 Å². The van der Waals surface area contributed by atoms with Gasteiger partial charge in [0.25, 0.3) is 0 Å². The molecule has 90 valence electrons. The molecule has 1 heterocycles. The fourth-order valence-corrected chi connectivity index (χ4v) is 1.99. The normalized spacial score (nSPS) is 11.0. The summed E-state index contributed by atoms with van der Waals surface area (Å²) in [6.45, 7) is 4.23. The highest BCUT2D eigenvalue weighted by atomic mass is 19.1. The van der Waals surface area contributed by atoms with E-state index in [1.54, 1.807) is 13.0 Å². The third-order valence-corrected chi connectivity index (χ3v) is 2.81. The van der Waals surface area contributed by atoms with Crippen LogP contribution in [0.25, 0.3) is 11.0 Å². The molecular formula is C13H15FN2O. The standard InChI is InChI=1S/C13H15FN2O/c1-9(17)4-3-7-16-10(2)15-12-8-11(14)5-6-13(12)16/h5-6,8H,3-4,7H2,1-2H3. The van der Waals surface area contributed by atoms with Gasteiger partial charge in [0.2, 0.25) is 0 Å². The molecule has 3 nitrogen and oxygen atoms in total. The van der Waals surface area contributed by atoms with Gasteiger partial charge in [-0.05, 0) is 32.4 Å². The molecule has 0 amide bonds. The molecule has 1 aromatic carbocycles. The van der Waals surface area contributed by atoms with Gasteiger partial charge in [-0.15, -0.1) is 0 Å². The molecule has 0 aliphatic rings. The zero-order chi connectivity index (χ0) is 12.4. The zero-order valence-corrected chi connectivity index (χ0v) is 10.0. The molecule has 0 unspecified atom stereocenters. The van der Waals surface area contributed by atoms with Crippen molar-refractivity contribution in [2.24, 2.45) is 0 Å². The highest BCUT2D eigenvalue weighted by Crippen LogP contribution is 2.17. The summed E-state index contributed by atoms with van der Waals surface area (Å²) in [7, 11) is 0. The highest BCUT2D eigenvalue weighted by Gasteiger charge is 2.08. The fraction of sp³-hybridized carbons (Fsp3) is 0.385. The van der Waals surface area contributed by atoms with Crippen molar-refractivity contribution in [1.82, 2.24) is 9.55 Å². The second-order valence-electron chi connectivity index (χ2n) is 4.25. The number of Topliss-reactive ketones (excluding diaryl/α,β-unsaturated/α-hetero) is 1. The van der Waals surface area contributed by atoms with Gasteiger partial charge in [-0.1, -0.05) is 0 Å². The lowest BCUT2D eigenvalue weighted by Gasteiger charge is -2.05. The molecule has 0 bridgehead atoms. The van der Waals surface area contributed by atoms with Gasteiger partial charge >= 0.3 is 0 Å². The smallest absolute Gasteiger partial charge is 0.129 e.